The number of piperidine rings is 1. The minimum absolute atomic E-state index is 0.128. The molecule has 2 aliphatic rings. The Morgan fingerprint density at radius 2 is 1.85 bits per heavy atom. The van der Waals surface area contributed by atoms with Crippen LogP contribution in [0.5, 0.6) is 0 Å². The molecule has 1 aromatic heterocycles. The Kier molecular flexibility index (Phi) is 6.12. The number of carbonyl (C=O) groups excluding carboxylic acids is 1. The highest BCUT2D eigenvalue weighted by Gasteiger charge is 2.27. The zero-order chi connectivity index (χ0) is 22.8. The highest BCUT2D eigenvalue weighted by atomic mass is 19.1. The molecule has 170 valence electrons. The fourth-order valence-electron chi connectivity index (χ4n) is 5.12. The Morgan fingerprint density at radius 3 is 2.64 bits per heavy atom. The van der Waals surface area contributed by atoms with Crippen molar-refractivity contribution in [3.05, 3.63) is 94.6 Å². The fraction of sp³-hybridized carbons (Fsp3) is 0.357. The van der Waals surface area contributed by atoms with E-state index >= 15 is 0 Å². The van der Waals surface area contributed by atoms with Crippen LogP contribution in [0.25, 0.3) is 0 Å². The zero-order valence-corrected chi connectivity index (χ0v) is 19.1. The van der Waals surface area contributed by atoms with Gasteiger partial charge in [0.2, 0.25) is 0 Å². The number of aromatic nitrogens is 1. The number of aryl methyl sites for hydroxylation is 1. The molecule has 33 heavy (non-hydrogen) atoms. The van der Waals surface area contributed by atoms with Crippen molar-refractivity contribution in [2.75, 3.05) is 31.6 Å². The molecule has 1 fully saturated rings. The molecule has 5 heteroatoms. The number of nitrogens with zero attached hydrogens (tertiary/aromatic N) is 3. The summed E-state index contributed by atoms with van der Waals surface area (Å²) in [6, 6.07) is 17.0. The van der Waals surface area contributed by atoms with E-state index in [-0.39, 0.29) is 17.6 Å². The SMILES string of the molecule is CN1CCCc2cc(C(=O)N3CCC[C@H](c4ccc(Cc5ccc(F)cc5)cn4)C3)ccc21. The van der Waals surface area contributed by atoms with Crippen molar-refractivity contribution >= 4 is 11.6 Å². The standard InChI is InChI=1S/C28H30FN3O/c1-31-14-2-4-22-17-23(9-13-27(22)31)28(33)32-15-3-5-24(19-32)26-12-8-21(18-30-26)16-20-6-10-25(29)11-7-20/h6-13,17-18,24H,2-5,14-16,19H2,1H3/t24-/m0/s1. The van der Waals surface area contributed by atoms with Crippen LogP contribution in [0, 0.1) is 5.82 Å². The first kappa shape index (κ1) is 21.6. The van der Waals surface area contributed by atoms with Crippen LogP contribution in [-0.2, 0) is 12.8 Å². The van der Waals surface area contributed by atoms with Crippen LogP contribution in [0.4, 0.5) is 10.1 Å². The van der Waals surface area contributed by atoms with Crippen molar-refractivity contribution in [3.8, 4) is 0 Å². The molecule has 3 heterocycles. The fourth-order valence-corrected chi connectivity index (χ4v) is 5.12. The maximum atomic E-state index is 13.3. The van der Waals surface area contributed by atoms with Crippen LogP contribution in [0.1, 0.15) is 57.9 Å². The van der Waals surface area contributed by atoms with E-state index in [1.54, 1.807) is 0 Å². The average molecular weight is 444 g/mol. The Bertz CT molecular complexity index is 1130. The van der Waals surface area contributed by atoms with Crippen LogP contribution in [0.15, 0.2) is 60.8 Å². The van der Waals surface area contributed by atoms with E-state index in [4.69, 9.17) is 4.98 Å². The molecule has 0 radical (unpaired) electrons. The maximum Gasteiger partial charge on any atom is 0.253 e. The number of pyridine rings is 1. The van der Waals surface area contributed by atoms with Gasteiger partial charge in [-0.1, -0.05) is 18.2 Å². The van der Waals surface area contributed by atoms with Gasteiger partial charge in [0.1, 0.15) is 5.82 Å². The number of hydrogen-bond acceptors (Lipinski definition) is 3. The van der Waals surface area contributed by atoms with E-state index in [0.29, 0.717) is 6.54 Å². The molecule has 4 nitrogen and oxygen atoms in total. The predicted molar refractivity (Wildman–Crippen MR) is 129 cm³/mol. The molecule has 3 aromatic rings. The molecule has 0 N–H and O–H groups in total. The number of anilines is 1. The maximum absolute atomic E-state index is 13.3. The van der Waals surface area contributed by atoms with Gasteiger partial charge in [0.15, 0.2) is 0 Å². The topological polar surface area (TPSA) is 36.4 Å². The van der Waals surface area contributed by atoms with Crippen molar-refractivity contribution < 1.29 is 9.18 Å². The van der Waals surface area contributed by atoms with Crippen LogP contribution >= 0.6 is 0 Å². The Hall–Kier alpha value is -3.21. The third kappa shape index (κ3) is 4.77. The molecule has 0 aliphatic carbocycles. The third-order valence-electron chi connectivity index (χ3n) is 6.97. The summed E-state index contributed by atoms with van der Waals surface area (Å²) in [5.41, 5.74) is 6.54. The van der Waals surface area contributed by atoms with Gasteiger partial charge in [-0.2, -0.15) is 0 Å². The Balaban J connectivity index is 1.26. The van der Waals surface area contributed by atoms with Gasteiger partial charge >= 0.3 is 0 Å². The quantitative estimate of drug-likeness (QED) is 0.555. The van der Waals surface area contributed by atoms with Crippen LogP contribution < -0.4 is 4.90 Å². The summed E-state index contributed by atoms with van der Waals surface area (Å²) >= 11 is 0. The Morgan fingerprint density at radius 1 is 1.03 bits per heavy atom. The molecular weight excluding hydrogens is 413 g/mol. The van der Waals surface area contributed by atoms with Gasteiger partial charge in [0.05, 0.1) is 0 Å². The number of amides is 1. The monoisotopic (exact) mass is 443 g/mol. The van der Waals surface area contributed by atoms with E-state index in [0.717, 1.165) is 67.6 Å². The summed E-state index contributed by atoms with van der Waals surface area (Å²) in [5.74, 6) is 0.168. The second-order valence-electron chi connectivity index (χ2n) is 9.35. The smallest absolute Gasteiger partial charge is 0.253 e. The van der Waals surface area contributed by atoms with Gasteiger partial charge in [-0.25, -0.2) is 4.39 Å². The van der Waals surface area contributed by atoms with E-state index in [2.05, 4.69) is 36.2 Å². The summed E-state index contributed by atoms with van der Waals surface area (Å²) in [6.45, 7) is 2.58. The lowest BCUT2D eigenvalue weighted by molar-refractivity contribution is 0.0705. The van der Waals surface area contributed by atoms with Gasteiger partial charge in [-0.3, -0.25) is 9.78 Å². The van der Waals surface area contributed by atoms with E-state index < -0.39 is 0 Å². The highest BCUT2D eigenvalue weighted by molar-refractivity contribution is 5.95. The summed E-state index contributed by atoms with van der Waals surface area (Å²) in [5, 5.41) is 0. The Labute approximate surface area is 195 Å². The third-order valence-corrected chi connectivity index (χ3v) is 6.97. The first-order valence-corrected chi connectivity index (χ1v) is 11.9. The summed E-state index contributed by atoms with van der Waals surface area (Å²) in [7, 11) is 2.12. The zero-order valence-electron chi connectivity index (χ0n) is 19.1. The number of benzene rings is 2. The molecule has 0 unspecified atom stereocenters. The van der Waals surface area contributed by atoms with E-state index in [9.17, 15) is 9.18 Å². The summed E-state index contributed by atoms with van der Waals surface area (Å²) < 4.78 is 13.1. The van der Waals surface area contributed by atoms with Crippen molar-refractivity contribution in [2.24, 2.45) is 0 Å². The van der Waals surface area contributed by atoms with E-state index in [1.165, 1.54) is 23.4 Å². The lowest BCUT2D eigenvalue weighted by atomic mass is 9.92. The normalized spacial score (nSPS) is 18.2. The molecule has 0 saturated carbocycles. The average Bonchev–Trinajstić information content (AvgIpc) is 2.85. The molecule has 1 atom stereocenters. The largest absolute Gasteiger partial charge is 0.374 e. The van der Waals surface area contributed by atoms with Crippen LogP contribution in [-0.4, -0.2) is 42.5 Å². The van der Waals surface area contributed by atoms with Gasteiger partial charge in [-0.05, 0) is 85.2 Å². The highest BCUT2D eigenvalue weighted by Crippen LogP contribution is 2.30. The number of halogens is 1. The second-order valence-corrected chi connectivity index (χ2v) is 9.35. The lowest BCUT2D eigenvalue weighted by Gasteiger charge is -2.33. The van der Waals surface area contributed by atoms with Crippen molar-refractivity contribution in [3.63, 3.8) is 0 Å². The van der Waals surface area contributed by atoms with Gasteiger partial charge in [-0.15, -0.1) is 0 Å². The first-order valence-electron chi connectivity index (χ1n) is 11.9. The molecule has 0 bridgehead atoms. The second kappa shape index (κ2) is 9.34. The number of hydrogen-bond donors (Lipinski definition) is 0. The van der Waals surface area contributed by atoms with Gasteiger partial charge < -0.3 is 9.80 Å². The molecule has 2 aromatic carbocycles. The predicted octanol–water partition coefficient (Wildman–Crippen LogP) is 5.21. The van der Waals surface area contributed by atoms with Gasteiger partial charge in [0.25, 0.3) is 5.91 Å². The summed E-state index contributed by atoms with van der Waals surface area (Å²) in [4.78, 5) is 22.3. The van der Waals surface area contributed by atoms with E-state index in [1.807, 2.05) is 29.3 Å². The molecular formula is C28H30FN3O. The molecule has 0 spiro atoms. The molecule has 5 rings (SSSR count). The lowest BCUT2D eigenvalue weighted by Crippen LogP contribution is -2.39. The number of rotatable bonds is 4. The summed E-state index contributed by atoms with van der Waals surface area (Å²) in [6.07, 6.45) is 6.86. The number of likely N-dealkylation sites (tertiary alicyclic amines) is 1. The first-order chi connectivity index (χ1) is 16.1. The minimum Gasteiger partial charge on any atom is -0.374 e. The molecule has 2 aliphatic heterocycles. The number of carbonyl (C=O) groups is 1. The molecule has 1 amide bonds. The molecule has 1 saturated heterocycles. The van der Waals surface area contributed by atoms with Crippen molar-refractivity contribution in [1.29, 1.82) is 0 Å². The van der Waals surface area contributed by atoms with Crippen LogP contribution in [0.2, 0.25) is 0 Å². The number of fused-ring (bicyclic) bond motifs is 1. The minimum atomic E-state index is -0.216. The van der Waals surface area contributed by atoms with Crippen LogP contribution in [0.3, 0.4) is 0 Å². The van der Waals surface area contributed by atoms with Crippen molar-refractivity contribution in [1.82, 2.24) is 9.88 Å². The van der Waals surface area contributed by atoms with Gasteiger partial charge in [0, 0.05) is 55.7 Å². The van der Waals surface area contributed by atoms with Crippen molar-refractivity contribution in [2.45, 2.75) is 38.0 Å².